The predicted molar refractivity (Wildman–Crippen MR) is 166 cm³/mol. The number of aryl methyl sites for hydroxylation is 1. The third-order valence-corrected chi connectivity index (χ3v) is 8.15. The Balaban J connectivity index is 1.48. The van der Waals surface area contributed by atoms with Crippen LogP contribution >= 0.6 is 37.9 Å². The Hall–Kier alpha value is -3.55. The first-order valence-electron chi connectivity index (χ1n) is 12.0. The summed E-state index contributed by atoms with van der Waals surface area (Å²) in [5, 5.41) is 40.1. The van der Waals surface area contributed by atoms with Gasteiger partial charge in [-0.1, -0.05) is 10.9 Å². The number of hydrogen-bond donors (Lipinski definition) is 5. The van der Waals surface area contributed by atoms with Gasteiger partial charge in [0.2, 0.25) is 0 Å². The first-order chi connectivity index (χ1) is 19.4. The third kappa shape index (κ3) is 4.65. The summed E-state index contributed by atoms with van der Waals surface area (Å²) in [7, 11) is 18.4. The maximum absolute atomic E-state index is 15.4. The molecule has 0 fully saturated rings. The van der Waals surface area contributed by atoms with Crippen LogP contribution in [0.1, 0.15) is 16.7 Å². The lowest BCUT2D eigenvalue weighted by Gasteiger charge is -2.18. The van der Waals surface area contributed by atoms with Crippen molar-refractivity contribution in [1.82, 2.24) is 30.0 Å². The monoisotopic (exact) mass is 592 g/mol. The third-order valence-electron chi connectivity index (χ3n) is 6.76. The van der Waals surface area contributed by atoms with Crippen molar-refractivity contribution in [1.29, 1.82) is 0 Å². The van der Waals surface area contributed by atoms with Crippen LogP contribution < -0.4 is 16.4 Å². The van der Waals surface area contributed by atoms with Gasteiger partial charge in [0.1, 0.15) is 74.3 Å². The van der Waals surface area contributed by atoms with Crippen LogP contribution in [-0.2, 0) is 6.42 Å². The van der Waals surface area contributed by atoms with E-state index in [0.717, 1.165) is 10.4 Å². The Labute approximate surface area is 253 Å². The lowest BCUT2D eigenvalue weighted by molar-refractivity contribution is 0.450. The van der Waals surface area contributed by atoms with Crippen molar-refractivity contribution in [2.75, 3.05) is 0 Å². The van der Waals surface area contributed by atoms with Gasteiger partial charge in [0, 0.05) is 26.7 Å². The number of thiol groups is 3. The number of fused-ring (bicyclic) bond motifs is 2. The second kappa shape index (κ2) is 10.1. The maximum Gasteiger partial charge on any atom is 0.149 e. The van der Waals surface area contributed by atoms with Crippen LogP contribution in [0, 0.1) is 12.7 Å². The highest BCUT2D eigenvalue weighted by molar-refractivity contribution is 7.83. The molecule has 4 aromatic carbocycles. The molecule has 6 aromatic rings. The van der Waals surface area contributed by atoms with Gasteiger partial charge in [-0.25, -0.2) is 4.39 Å². The molecule has 2 aromatic heterocycles. The number of benzene rings is 4. The highest BCUT2D eigenvalue weighted by atomic mass is 32.1. The van der Waals surface area contributed by atoms with Gasteiger partial charge in [0.15, 0.2) is 0 Å². The number of aromatic hydroxyl groups is 2. The summed E-state index contributed by atoms with van der Waals surface area (Å²) < 4.78 is 15.4. The molecular weight excluding hydrogens is 576 g/mol. The van der Waals surface area contributed by atoms with E-state index < -0.39 is 11.6 Å². The zero-order valence-electron chi connectivity index (χ0n) is 21.2. The minimum Gasteiger partial charge on any atom is -0.505 e. The van der Waals surface area contributed by atoms with Crippen LogP contribution in [0.3, 0.4) is 0 Å². The molecule has 6 radical (unpaired) electrons. The number of phenolic OH excluding ortho intramolecular Hbond substituents is 2. The minimum absolute atomic E-state index is 0.0132. The first kappa shape index (κ1) is 27.6. The van der Waals surface area contributed by atoms with E-state index in [9.17, 15) is 10.2 Å². The Morgan fingerprint density at radius 3 is 1.66 bits per heavy atom. The Bertz CT molecular complexity index is 1840. The fourth-order valence-electron chi connectivity index (χ4n) is 4.50. The van der Waals surface area contributed by atoms with Crippen molar-refractivity contribution in [2.45, 2.75) is 28.0 Å². The van der Waals surface area contributed by atoms with E-state index in [1.54, 1.807) is 24.3 Å². The molecule has 41 heavy (non-hydrogen) atoms. The van der Waals surface area contributed by atoms with Crippen molar-refractivity contribution in [2.24, 2.45) is 0 Å². The molecule has 6 rings (SSSR count). The van der Waals surface area contributed by atoms with Crippen molar-refractivity contribution < 1.29 is 14.6 Å². The van der Waals surface area contributed by atoms with Crippen molar-refractivity contribution in [3.63, 3.8) is 0 Å². The average Bonchev–Trinajstić information content (AvgIpc) is 3.51. The normalized spacial score (nSPS) is 11.6. The summed E-state index contributed by atoms with van der Waals surface area (Å²) in [4.78, 5) is 4.24. The Morgan fingerprint density at radius 2 is 1.12 bits per heavy atom. The van der Waals surface area contributed by atoms with Crippen LogP contribution in [0.25, 0.3) is 33.4 Å². The lowest BCUT2D eigenvalue weighted by Crippen LogP contribution is -2.31. The number of hydrogen-bond acceptors (Lipinski definition) is 9. The molecule has 0 amide bonds. The number of phenols is 2. The van der Waals surface area contributed by atoms with Crippen LogP contribution in [-0.4, -0.2) is 63.7 Å². The van der Waals surface area contributed by atoms with Crippen molar-refractivity contribution in [3.05, 3.63) is 58.9 Å². The van der Waals surface area contributed by atoms with E-state index in [4.69, 9.17) is 23.5 Å². The van der Waals surface area contributed by atoms with E-state index in [-0.39, 0.29) is 51.1 Å². The highest BCUT2D eigenvalue weighted by Gasteiger charge is 2.23. The van der Waals surface area contributed by atoms with Crippen LogP contribution in [0.5, 0.6) is 11.5 Å². The van der Waals surface area contributed by atoms with Gasteiger partial charge in [-0.2, -0.15) is 0 Å². The minimum atomic E-state index is -0.898. The summed E-state index contributed by atoms with van der Waals surface area (Å²) >= 11 is 13.1. The fourth-order valence-corrected chi connectivity index (χ4v) is 5.06. The molecule has 2 N–H and O–H groups in total. The maximum atomic E-state index is 15.4. The largest absolute Gasteiger partial charge is 0.505 e. The number of aromatic nitrogens is 6. The molecule has 0 unspecified atom stereocenters. The van der Waals surface area contributed by atoms with Gasteiger partial charge in [-0.15, -0.1) is 73.3 Å². The molecule has 0 aliphatic heterocycles. The van der Waals surface area contributed by atoms with Crippen molar-refractivity contribution >= 4 is 99.9 Å². The van der Waals surface area contributed by atoms with Gasteiger partial charge in [0.25, 0.3) is 0 Å². The van der Waals surface area contributed by atoms with E-state index in [0.29, 0.717) is 36.8 Å². The first-order valence-corrected chi connectivity index (χ1v) is 13.3. The second-order valence-corrected chi connectivity index (χ2v) is 10.9. The van der Waals surface area contributed by atoms with Gasteiger partial charge < -0.3 is 10.2 Å². The number of nitrogens with zero attached hydrogens (tertiary/aromatic N) is 6. The van der Waals surface area contributed by atoms with Gasteiger partial charge in [-0.05, 0) is 54.4 Å². The van der Waals surface area contributed by atoms with Crippen LogP contribution in [0.15, 0.2) is 51.1 Å². The molecular formula is C26H16B3FN6O2S3. The van der Waals surface area contributed by atoms with Gasteiger partial charge in [-0.3, -0.25) is 0 Å². The summed E-state index contributed by atoms with van der Waals surface area (Å²) in [6.45, 7) is 1.87. The fraction of sp³-hybridized carbons (Fsp3) is 0.0769. The molecule has 0 atom stereocenters. The van der Waals surface area contributed by atoms with Crippen LogP contribution in [0.4, 0.5) is 4.39 Å². The topological polar surface area (TPSA) is 102 Å². The lowest BCUT2D eigenvalue weighted by atomic mass is 9.75. The summed E-state index contributed by atoms with van der Waals surface area (Å²) in [6.07, 6.45) is -0.380. The number of halogens is 1. The molecule has 0 aliphatic rings. The van der Waals surface area contributed by atoms with E-state index >= 15 is 4.39 Å². The van der Waals surface area contributed by atoms with Gasteiger partial charge in [0.05, 0.1) is 0 Å². The average molecular weight is 592 g/mol. The SMILES string of the molecule is [B]c1cc(-n2nc3cc(S)c(S)cc3n2)c(O)c(Cc2c(O)c(-n3nc4cc(C)c(S)cc4n3)cc([B])c2F)c1[B]. The Kier molecular flexibility index (Phi) is 6.78. The predicted octanol–water partition coefficient (Wildman–Crippen LogP) is 1.85. The zero-order valence-corrected chi connectivity index (χ0v) is 23.9. The van der Waals surface area contributed by atoms with Crippen LogP contribution in [0.2, 0.25) is 0 Å². The van der Waals surface area contributed by atoms with Crippen molar-refractivity contribution in [3.8, 4) is 22.9 Å². The molecule has 0 spiro atoms. The molecule has 0 saturated heterocycles. The standard InChI is InChI=1S/C26H16B3FN6O2S3/c1-9-2-14-15(6-20(9)39)32-36(31-14)19-5-13(28)24(30)11(26(19)38)3-10-23(29)12(27)4-18(25(10)37)35-33-16-7-21(40)22(41)8-17(16)34-35/h2,4-8,37-41H,3H2,1H3. The zero-order chi connectivity index (χ0) is 29.3. The molecule has 196 valence electrons. The number of rotatable bonds is 4. The highest BCUT2D eigenvalue weighted by Crippen LogP contribution is 2.33. The quantitative estimate of drug-likeness (QED) is 0.158. The molecule has 0 bridgehead atoms. The molecule has 0 aliphatic carbocycles. The van der Waals surface area contributed by atoms with E-state index in [1.165, 1.54) is 16.9 Å². The van der Waals surface area contributed by atoms with Gasteiger partial charge >= 0.3 is 0 Å². The Morgan fingerprint density at radius 1 is 0.683 bits per heavy atom. The van der Waals surface area contributed by atoms with E-state index in [2.05, 4.69) is 58.3 Å². The molecule has 2 heterocycles. The van der Waals surface area contributed by atoms with E-state index in [1.807, 2.05) is 6.92 Å². The smallest absolute Gasteiger partial charge is 0.149 e. The summed E-state index contributed by atoms with van der Waals surface area (Å²) in [5.41, 5.74) is 2.63. The molecule has 8 nitrogen and oxygen atoms in total. The summed E-state index contributed by atoms with van der Waals surface area (Å²) in [5.74, 6) is -1.75. The second-order valence-electron chi connectivity index (χ2n) is 9.46. The summed E-state index contributed by atoms with van der Waals surface area (Å²) in [6, 6.07) is 9.50. The molecule has 0 saturated carbocycles. The molecule has 15 heteroatoms.